The number of hydrogen-bond acceptors (Lipinski definition) is 5. The van der Waals surface area contributed by atoms with Crippen molar-refractivity contribution in [2.45, 2.75) is 206 Å². The standard InChI is InChI=1S/C35H68O5/c1-3-5-7-9-11-13-15-17-19-21-23-25-27-29-33(36)39-32-31-35(38)40-34(37)30-28-26-24-22-20-18-16-14-12-10-8-6-4-2/h35,38H,3-32H2,1-2H3. The molecule has 0 saturated carbocycles. The van der Waals surface area contributed by atoms with E-state index in [2.05, 4.69) is 13.8 Å². The maximum absolute atomic E-state index is 11.9. The summed E-state index contributed by atoms with van der Waals surface area (Å²) in [6, 6.07) is 0. The van der Waals surface area contributed by atoms with Crippen molar-refractivity contribution in [3.63, 3.8) is 0 Å². The SMILES string of the molecule is CCCCCCCCCCCCCCCC(=O)OCCC(O)OC(=O)CCCCCCCCCCCCCCC. The van der Waals surface area contributed by atoms with Crippen LogP contribution in [0.3, 0.4) is 0 Å². The highest BCUT2D eigenvalue weighted by atomic mass is 16.6. The highest BCUT2D eigenvalue weighted by Gasteiger charge is 2.12. The van der Waals surface area contributed by atoms with E-state index in [1.54, 1.807) is 0 Å². The average molecular weight is 569 g/mol. The van der Waals surface area contributed by atoms with Gasteiger partial charge in [-0.2, -0.15) is 0 Å². The van der Waals surface area contributed by atoms with Gasteiger partial charge in [0.05, 0.1) is 6.61 Å². The quantitative estimate of drug-likeness (QED) is 0.0496. The van der Waals surface area contributed by atoms with Gasteiger partial charge in [0.25, 0.3) is 0 Å². The summed E-state index contributed by atoms with van der Waals surface area (Å²) in [6.45, 7) is 4.61. The van der Waals surface area contributed by atoms with Crippen LogP contribution in [0.15, 0.2) is 0 Å². The second-order valence-corrected chi connectivity index (χ2v) is 11.9. The second-order valence-electron chi connectivity index (χ2n) is 11.9. The van der Waals surface area contributed by atoms with Crippen LogP contribution in [-0.2, 0) is 19.1 Å². The summed E-state index contributed by atoms with van der Waals surface area (Å²) < 4.78 is 10.2. The van der Waals surface area contributed by atoms with Crippen molar-refractivity contribution in [3.8, 4) is 0 Å². The van der Waals surface area contributed by atoms with Crippen LogP contribution in [0.5, 0.6) is 0 Å². The molecule has 0 rings (SSSR count). The van der Waals surface area contributed by atoms with Crippen molar-refractivity contribution in [1.82, 2.24) is 0 Å². The number of carbonyl (C=O) groups excluding carboxylic acids is 2. The van der Waals surface area contributed by atoms with Gasteiger partial charge in [0.2, 0.25) is 6.29 Å². The zero-order chi connectivity index (χ0) is 29.4. The zero-order valence-corrected chi connectivity index (χ0v) is 26.9. The van der Waals surface area contributed by atoms with Crippen LogP contribution in [0.2, 0.25) is 0 Å². The molecule has 5 heteroatoms. The molecule has 0 aliphatic heterocycles. The van der Waals surface area contributed by atoms with Crippen molar-refractivity contribution in [2.75, 3.05) is 6.61 Å². The van der Waals surface area contributed by atoms with Crippen LogP contribution in [0, 0.1) is 0 Å². The molecule has 0 amide bonds. The molecule has 1 atom stereocenters. The Morgan fingerprint density at radius 2 is 0.775 bits per heavy atom. The fraction of sp³-hybridized carbons (Fsp3) is 0.943. The van der Waals surface area contributed by atoms with E-state index < -0.39 is 6.29 Å². The Balaban J connectivity index is 3.39. The highest BCUT2D eigenvalue weighted by molar-refractivity contribution is 5.69. The van der Waals surface area contributed by atoms with Gasteiger partial charge in [0.1, 0.15) is 0 Å². The highest BCUT2D eigenvalue weighted by Crippen LogP contribution is 2.15. The third-order valence-electron chi connectivity index (χ3n) is 7.86. The molecule has 0 fully saturated rings. The van der Waals surface area contributed by atoms with E-state index in [0.717, 1.165) is 32.1 Å². The maximum Gasteiger partial charge on any atom is 0.308 e. The molecule has 0 radical (unpaired) electrons. The van der Waals surface area contributed by atoms with E-state index in [-0.39, 0.29) is 25.0 Å². The number of hydrogen-bond donors (Lipinski definition) is 1. The van der Waals surface area contributed by atoms with Crippen LogP contribution in [0.4, 0.5) is 0 Å². The van der Waals surface area contributed by atoms with Gasteiger partial charge in [-0.25, -0.2) is 0 Å². The van der Waals surface area contributed by atoms with Crippen molar-refractivity contribution in [3.05, 3.63) is 0 Å². The molecule has 5 nitrogen and oxygen atoms in total. The molecular formula is C35H68O5. The van der Waals surface area contributed by atoms with Crippen LogP contribution in [0.25, 0.3) is 0 Å². The van der Waals surface area contributed by atoms with Crippen molar-refractivity contribution in [2.24, 2.45) is 0 Å². The van der Waals surface area contributed by atoms with E-state index in [4.69, 9.17) is 9.47 Å². The third-order valence-corrected chi connectivity index (χ3v) is 7.86. The zero-order valence-electron chi connectivity index (χ0n) is 26.9. The van der Waals surface area contributed by atoms with Gasteiger partial charge in [0, 0.05) is 19.3 Å². The first-order valence-electron chi connectivity index (χ1n) is 17.6. The summed E-state index contributed by atoms with van der Waals surface area (Å²) in [7, 11) is 0. The van der Waals surface area contributed by atoms with Gasteiger partial charge in [-0.3, -0.25) is 9.59 Å². The van der Waals surface area contributed by atoms with E-state index in [1.165, 1.54) is 135 Å². The van der Waals surface area contributed by atoms with Crippen molar-refractivity contribution in [1.29, 1.82) is 0 Å². The summed E-state index contributed by atoms with van der Waals surface area (Å²) in [5.74, 6) is -0.595. The monoisotopic (exact) mass is 569 g/mol. The number of ether oxygens (including phenoxy) is 2. The maximum atomic E-state index is 11.9. The Labute approximate surface area is 248 Å². The molecule has 0 aromatic rings. The minimum absolute atomic E-state index is 0.0878. The lowest BCUT2D eigenvalue weighted by molar-refractivity contribution is -0.171. The predicted octanol–water partition coefficient (Wildman–Crippen LogP) is 10.7. The molecule has 0 heterocycles. The Morgan fingerprint density at radius 1 is 0.475 bits per heavy atom. The third kappa shape index (κ3) is 31.4. The van der Waals surface area contributed by atoms with E-state index >= 15 is 0 Å². The fourth-order valence-electron chi connectivity index (χ4n) is 5.19. The van der Waals surface area contributed by atoms with E-state index in [0.29, 0.717) is 12.8 Å². The summed E-state index contributed by atoms with van der Waals surface area (Å²) >= 11 is 0. The predicted molar refractivity (Wildman–Crippen MR) is 168 cm³/mol. The van der Waals surface area contributed by atoms with Gasteiger partial charge in [-0.1, -0.05) is 168 Å². The Bertz CT molecular complexity index is 536. The molecule has 1 unspecified atom stereocenters. The lowest BCUT2D eigenvalue weighted by Crippen LogP contribution is -2.20. The van der Waals surface area contributed by atoms with Gasteiger partial charge in [-0.15, -0.1) is 0 Å². The Morgan fingerprint density at radius 3 is 1.12 bits per heavy atom. The number of carbonyl (C=O) groups is 2. The largest absolute Gasteiger partial charge is 0.465 e. The molecule has 0 aromatic carbocycles. The fourth-order valence-corrected chi connectivity index (χ4v) is 5.19. The summed E-state index contributed by atoms with van der Waals surface area (Å²) in [4.78, 5) is 23.8. The molecule has 238 valence electrons. The molecule has 0 spiro atoms. The topological polar surface area (TPSA) is 72.8 Å². The minimum atomic E-state index is -1.20. The molecule has 0 bridgehead atoms. The molecular weight excluding hydrogens is 500 g/mol. The molecule has 0 aromatic heterocycles. The lowest BCUT2D eigenvalue weighted by Gasteiger charge is -2.12. The van der Waals surface area contributed by atoms with Crippen LogP contribution in [-0.4, -0.2) is 29.9 Å². The second kappa shape index (κ2) is 32.4. The first-order valence-corrected chi connectivity index (χ1v) is 17.6. The summed E-state index contributed by atoms with van der Waals surface area (Å²) in [5.41, 5.74) is 0. The van der Waals surface area contributed by atoms with E-state index in [1.807, 2.05) is 0 Å². The molecule has 40 heavy (non-hydrogen) atoms. The number of unbranched alkanes of at least 4 members (excludes halogenated alkanes) is 24. The first-order chi connectivity index (χ1) is 19.6. The van der Waals surface area contributed by atoms with Gasteiger partial charge >= 0.3 is 11.9 Å². The normalized spacial score (nSPS) is 12.0. The lowest BCUT2D eigenvalue weighted by atomic mass is 10.0. The van der Waals surface area contributed by atoms with Crippen molar-refractivity contribution >= 4 is 11.9 Å². The Hall–Kier alpha value is -1.10. The summed E-state index contributed by atoms with van der Waals surface area (Å²) in [6.07, 6.45) is 32.7. The van der Waals surface area contributed by atoms with E-state index in [9.17, 15) is 14.7 Å². The van der Waals surface area contributed by atoms with Crippen molar-refractivity contribution < 1.29 is 24.2 Å². The average Bonchev–Trinajstić information content (AvgIpc) is 2.93. The minimum Gasteiger partial charge on any atom is -0.465 e. The summed E-state index contributed by atoms with van der Waals surface area (Å²) in [5, 5.41) is 9.90. The number of rotatable bonds is 32. The number of aliphatic hydroxyl groups is 1. The molecule has 0 aliphatic carbocycles. The molecule has 0 saturated heterocycles. The van der Waals surface area contributed by atoms with Crippen LogP contribution < -0.4 is 0 Å². The van der Waals surface area contributed by atoms with Crippen LogP contribution in [0.1, 0.15) is 200 Å². The van der Waals surface area contributed by atoms with Gasteiger partial charge in [0.15, 0.2) is 0 Å². The first kappa shape index (κ1) is 38.9. The molecule has 0 aliphatic rings. The Kier molecular flexibility index (Phi) is 31.5. The number of aliphatic hydroxyl groups excluding tert-OH is 1. The number of esters is 2. The van der Waals surface area contributed by atoms with Gasteiger partial charge in [-0.05, 0) is 12.8 Å². The smallest absolute Gasteiger partial charge is 0.308 e. The van der Waals surface area contributed by atoms with Crippen LogP contribution >= 0.6 is 0 Å². The molecule has 1 N–H and O–H groups in total. The van der Waals surface area contributed by atoms with Gasteiger partial charge < -0.3 is 14.6 Å².